The van der Waals surface area contributed by atoms with Gasteiger partial charge in [0.25, 0.3) is 5.91 Å². The molecule has 0 saturated heterocycles. The normalized spacial score (nSPS) is 21.7. The molecule has 0 bridgehead atoms. The first-order chi connectivity index (χ1) is 9.72. The van der Waals surface area contributed by atoms with Crippen molar-refractivity contribution in [3.8, 4) is 11.8 Å². The largest absolute Gasteiger partial charge is 0.384 e. The van der Waals surface area contributed by atoms with Crippen LogP contribution in [0.25, 0.3) is 0 Å². The van der Waals surface area contributed by atoms with Crippen molar-refractivity contribution in [3.63, 3.8) is 0 Å². The molecule has 2 N–H and O–H groups in total. The lowest BCUT2D eigenvalue weighted by Crippen LogP contribution is -2.41. The summed E-state index contributed by atoms with van der Waals surface area (Å²) in [7, 11) is 0. The van der Waals surface area contributed by atoms with Crippen LogP contribution in [0.5, 0.6) is 0 Å². The van der Waals surface area contributed by atoms with Crippen LogP contribution in [0, 0.1) is 17.8 Å². The molecule has 0 aliphatic heterocycles. The zero-order valence-electron chi connectivity index (χ0n) is 11.7. The highest BCUT2D eigenvalue weighted by molar-refractivity contribution is 5.94. The Balaban J connectivity index is 2.12. The summed E-state index contributed by atoms with van der Waals surface area (Å²) in [5, 5.41) is 11.8. The fourth-order valence-corrected chi connectivity index (χ4v) is 2.59. The SMILES string of the molecule is CC1CCCCC1NC(=O)c1ncccc1C#CCO. The van der Waals surface area contributed by atoms with Crippen molar-refractivity contribution in [2.75, 3.05) is 6.61 Å². The van der Waals surface area contributed by atoms with Gasteiger partial charge in [0.2, 0.25) is 0 Å². The van der Waals surface area contributed by atoms with Gasteiger partial charge in [0, 0.05) is 12.2 Å². The maximum absolute atomic E-state index is 12.3. The van der Waals surface area contributed by atoms with E-state index < -0.39 is 0 Å². The number of rotatable bonds is 2. The molecule has 1 aliphatic carbocycles. The quantitative estimate of drug-likeness (QED) is 0.806. The molecular formula is C16H20N2O2. The van der Waals surface area contributed by atoms with Crippen LogP contribution in [0.2, 0.25) is 0 Å². The Kier molecular flexibility index (Phi) is 5.14. The van der Waals surface area contributed by atoms with E-state index in [4.69, 9.17) is 5.11 Å². The van der Waals surface area contributed by atoms with Gasteiger partial charge in [0.05, 0.1) is 5.56 Å². The second kappa shape index (κ2) is 7.06. The molecular weight excluding hydrogens is 252 g/mol. The molecule has 106 valence electrons. The topological polar surface area (TPSA) is 62.2 Å². The minimum absolute atomic E-state index is 0.174. The third kappa shape index (κ3) is 3.58. The second-order valence-corrected chi connectivity index (χ2v) is 5.20. The average Bonchev–Trinajstić information content (AvgIpc) is 2.47. The highest BCUT2D eigenvalue weighted by atomic mass is 16.2. The Morgan fingerprint density at radius 3 is 3.05 bits per heavy atom. The summed E-state index contributed by atoms with van der Waals surface area (Å²) in [5.41, 5.74) is 0.897. The van der Waals surface area contributed by atoms with Crippen molar-refractivity contribution in [1.82, 2.24) is 10.3 Å². The number of amides is 1. The molecule has 2 unspecified atom stereocenters. The van der Waals surface area contributed by atoms with E-state index in [1.165, 1.54) is 6.42 Å². The molecule has 4 heteroatoms. The fourth-order valence-electron chi connectivity index (χ4n) is 2.59. The van der Waals surface area contributed by atoms with E-state index in [0.717, 1.165) is 19.3 Å². The van der Waals surface area contributed by atoms with Crippen LogP contribution in [0.4, 0.5) is 0 Å². The van der Waals surface area contributed by atoms with Crippen molar-refractivity contribution < 1.29 is 9.90 Å². The van der Waals surface area contributed by atoms with Crippen molar-refractivity contribution in [1.29, 1.82) is 0 Å². The van der Waals surface area contributed by atoms with Crippen molar-refractivity contribution in [2.45, 2.75) is 38.6 Å². The highest BCUT2D eigenvalue weighted by Crippen LogP contribution is 2.24. The van der Waals surface area contributed by atoms with E-state index in [-0.39, 0.29) is 18.6 Å². The van der Waals surface area contributed by atoms with Crippen LogP contribution in [-0.4, -0.2) is 28.6 Å². The van der Waals surface area contributed by atoms with Gasteiger partial charge in [-0.25, -0.2) is 4.98 Å². The number of aliphatic hydroxyl groups is 1. The molecule has 1 aliphatic rings. The summed E-state index contributed by atoms with van der Waals surface area (Å²) < 4.78 is 0. The summed E-state index contributed by atoms with van der Waals surface area (Å²) in [6.07, 6.45) is 6.17. The molecule has 1 aromatic heterocycles. The maximum atomic E-state index is 12.3. The molecule has 1 heterocycles. The molecule has 1 fully saturated rings. The fraction of sp³-hybridized carbons (Fsp3) is 0.500. The minimum atomic E-state index is -0.227. The third-order valence-corrected chi connectivity index (χ3v) is 3.75. The van der Waals surface area contributed by atoms with Gasteiger partial charge in [-0.3, -0.25) is 4.79 Å². The molecule has 1 amide bonds. The second-order valence-electron chi connectivity index (χ2n) is 5.20. The molecule has 2 rings (SSSR count). The molecule has 0 aromatic carbocycles. The predicted octanol–water partition coefficient (Wildman–Crippen LogP) is 1.73. The van der Waals surface area contributed by atoms with Crippen LogP contribution < -0.4 is 5.32 Å². The smallest absolute Gasteiger partial charge is 0.271 e. The van der Waals surface area contributed by atoms with E-state index in [0.29, 0.717) is 17.2 Å². The van der Waals surface area contributed by atoms with Crippen LogP contribution in [0.3, 0.4) is 0 Å². The zero-order valence-corrected chi connectivity index (χ0v) is 11.7. The van der Waals surface area contributed by atoms with E-state index in [1.807, 2.05) is 0 Å². The van der Waals surface area contributed by atoms with Gasteiger partial charge in [-0.05, 0) is 30.9 Å². The number of pyridine rings is 1. The standard InChI is InChI=1S/C16H20N2O2/c1-12-6-2-3-9-14(12)18-16(20)15-13(8-5-11-19)7-4-10-17-15/h4,7,10,12,14,19H,2-3,6,9,11H2,1H3,(H,18,20). The zero-order chi connectivity index (χ0) is 14.4. The molecule has 20 heavy (non-hydrogen) atoms. The Bertz CT molecular complexity index is 531. The van der Waals surface area contributed by atoms with E-state index in [1.54, 1.807) is 18.3 Å². The first-order valence-electron chi connectivity index (χ1n) is 7.08. The number of carbonyl (C=O) groups is 1. The maximum Gasteiger partial charge on any atom is 0.271 e. The third-order valence-electron chi connectivity index (χ3n) is 3.75. The van der Waals surface area contributed by atoms with Gasteiger partial charge < -0.3 is 10.4 Å². The number of hydrogen-bond donors (Lipinski definition) is 2. The van der Waals surface area contributed by atoms with Crippen LogP contribution in [-0.2, 0) is 0 Å². The van der Waals surface area contributed by atoms with Crippen LogP contribution in [0.1, 0.15) is 48.7 Å². The number of hydrogen-bond acceptors (Lipinski definition) is 3. The monoisotopic (exact) mass is 272 g/mol. The number of aromatic nitrogens is 1. The van der Waals surface area contributed by atoms with Crippen LogP contribution in [0.15, 0.2) is 18.3 Å². The molecule has 1 aromatic rings. The lowest BCUT2D eigenvalue weighted by Gasteiger charge is -2.29. The van der Waals surface area contributed by atoms with E-state index >= 15 is 0 Å². The predicted molar refractivity (Wildman–Crippen MR) is 77.1 cm³/mol. The Morgan fingerprint density at radius 2 is 2.30 bits per heavy atom. The first kappa shape index (κ1) is 14.5. The molecule has 2 atom stereocenters. The van der Waals surface area contributed by atoms with E-state index in [2.05, 4.69) is 29.1 Å². The molecule has 0 radical (unpaired) electrons. The lowest BCUT2D eigenvalue weighted by atomic mass is 9.86. The molecule has 1 saturated carbocycles. The Hall–Kier alpha value is -1.86. The van der Waals surface area contributed by atoms with Gasteiger partial charge in [-0.2, -0.15) is 0 Å². The van der Waals surface area contributed by atoms with Crippen molar-refractivity contribution >= 4 is 5.91 Å². The molecule has 0 spiro atoms. The number of aliphatic hydroxyl groups excluding tert-OH is 1. The Labute approximate surface area is 119 Å². The number of nitrogens with one attached hydrogen (secondary N) is 1. The Morgan fingerprint density at radius 1 is 1.50 bits per heavy atom. The summed E-state index contributed by atoms with van der Waals surface area (Å²) >= 11 is 0. The highest BCUT2D eigenvalue weighted by Gasteiger charge is 2.24. The number of nitrogens with zero attached hydrogens (tertiary/aromatic N) is 1. The van der Waals surface area contributed by atoms with Gasteiger partial charge in [0.15, 0.2) is 0 Å². The van der Waals surface area contributed by atoms with Crippen LogP contribution >= 0.6 is 0 Å². The summed E-state index contributed by atoms with van der Waals surface area (Å²) in [6.45, 7) is 1.95. The van der Waals surface area contributed by atoms with Gasteiger partial charge in [0.1, 0.15) is 12.3 Å². The first-order valence-corrected chi connectivity index (χ1v) is 7.08. The minimum Gasteiger partial charge on any atom is -0.384 e. The van der Waals surface area contributed by atoms with Gasteiger partial charge >= 0.3 is 0 Å². The summed E-state index contributed by atoms with van der Waals surface area (Å²) in [6, 6.07) is 3.70. The van der Waals surface area contributed by atoms with E-state index in [9.17, 15) is 4.79 Å². The average molecular weight is 272 g/mol. The summed E-state index contributed by atoms with van der Waals surface area (Å²) in [4.78, 5) is 16.5. The lowest BCUT2D eigenvalue weighted by molar-refractivity contribution is 0.0905. The van der Waals surface area contributed by atoms with Gasteiger partial charge in [-0.15, -0.1) is 0 Å². The van der Waals surface area contributed by atoms with Crippen molar-refractivity contribution in [2.24, 2.45) is 5.92 Å². The summed E-state index contributed by atoms with van der Waals surface area (Å²) in [5.74, 6) is 5.66. The molecule has 4 nitrogen and oxygen atoms in total. The van der Waals surface area contributed by atoms with Gasteiger partial charge in [-0.1, -0.05) is 31.6 Å². The number of carbonyl (C=O) groups excluding carboxylic acids is 1. The van der Waals surface area contributed by atoms with Crippen molar-refractivity contribution in [3.05, 3.63) is 29.6 Å².